The topological polar surface area (TPSA) is 29.1 Å². The van der Waals surface area contributed by atoms with Crippen LogP contribution < -0.4 is 5.32 Å². The molecule has 19 heavy (non-hydrogen) atoms. The lowest BCUT2D eigenvalue weighted by Crippen LogP contribution is -2.81. The predicted molar refractivity (Wildman–Crippen MR) is 78.8 cm³/mol. The number of benzene rings is 1. The van der Waals surface area contributed by atoms with Crippen LogP contribution in [0.15, 0.2) is 28.7 Å². The zero-order valence-electron chi connectivity index (χ0n) is 11.3. The van der Waals surface area contributed by atoms with Crippen molar-refractivity contribution in [1.82, 2.24) is 0 Å². The Balaban J connectivity index is 1.59. The van der Waals surface area contributed by atoms with Crippen LogP contribution in [0.25, 0.3) is 0 Å². The van der Waals surface area contributed by atoms with Crippen molar-refractivity contribution in [3.8, 4) is 0 Å². The zero-order chi connectivity index (χ0) is 13.5. The number of anilines is 1. The molecule has 1 aromatic carbocycles. The fraction of sp³-hybridized carbons (Fsp3) is 0.562. The van der Waals surface area contributed by atoms with Crippen molar-refractivity contribution in [2.75, 3.05) is 5.32 Å². The number of amides is 1. The van der Waals surface area contributed by atoms with Crippen LogP contribution in [0.4, 0.5) is 5.69 Å². The summed E-state index contributed by atoms with van der Waals surface area (Å²) >= 11 is 3.42. The molecule has 0 radical (unpaired) electrons. The first-order valence-electron chi connectivity index (χ1n) is 7.01. The lowest BCUT2D eigenvalue weighted by molar-refractivity contribution is -0.326. The monoisotopic (exact) mass is 319 g/mol. The van der Waals surface area contributed by atoms with Crippen molar-refractivity contribution >= 4 is 27.5 Å². The van der Waals surface area contributed by atoms with Gasteiger partial charge in [-0.3, -0.25) is 4.79 Å². The molecule has 4 bridgehead atoms. The number of carbonyl (C=O) groups excluding carboxylic acids is 1. The highest BCUT2D eigenvalue weighted by Gasteiger charge is 2.91. The van der Waals surface area contributed by atoms with Crippen LogP contribution in [0.3, 0.4) is 0 Å². The maximum absolute atomic E-state index is 12.7. The van der Waals surface area contributed by atoms with E-state index in [-0.39, 0.29) is 16.7 Å². The average Bonchev–Trinajstić information content (AvgIpc) is 2.76. The molecular formula is C16H18BrNO. The second-order valence-corrected chi connectivity index (χ2v) is 7.87. The number of halogens is 1. The molecule has 5 aliphatic carbocycles. The number of nitrogens with one attached hydrogen (secondary N) is 1. The van der Waals surface area contributed by atoms with E-state index >= 15 is 0 Å². The van der Waals surface area contributed by atoms with Gasteiger partial charge in [0.1, 0.15) is 0 Å². The lowest BCUT2D eigenvalue weighted by Gasteiger charge is -2.81. The fourth-order valence-corrected chi connectivity index (χ4v) is 5.76. The van der Waals surface area contributed by atoms with Crippen LogP contribution >= 0.6 is 15.9 Å². The van der Waals surface area contributed by atoms with E-state index in [2.05, 4.69) is 35.1 Å². The minimum absolute atomic E-state index is 0.0607. The third-order valence-corrected chi connectivity index (χ3v) is 7.22. The Morgan fingerprint density at radius 2 is 2.00 bits per heavy atom. The molecule has 2 nitrogen and oxygen atoms in total. The maximum Gasteiger partial charge on any atom is 0.231 e. The molecule has 5 saturated carbocycles. The van der Waals surface area contributed by atoms with E-state index in [0.717, 1.165) is 16.6 Å². The molecule has 4 atom stereocenters. The van der Waals surface area contributed by atoms with Crippen molar-refractivity contribution in [3.63, 3.8) is 0 Å². The van der Waals surface area contributed by atoms with Crippen LogP contribution in [0.5, 0.6) is 0 Å². The molecule has 100 valence electrons. The molecule has 0 spiro atoms. The van der Waals surface area contributed by atoms with Gasteiger partial charge in [0, 0.05) is 10.2 Å². The Morgan fingerprint density at radius 3 is 2.53 bits per heavy atom. The van der Waals surface area contributed by atoms with Crippen LogP contribution in [0, 0.1) is 22.2 Å². The van der Waals surface area contributed by atoms with Gasteiger partial charge in [0.25, 0.3) is 0 Å². The highest BCUT2D eigenvalue weighted by molar-refractivity contribution is 9.10. The molecule has 0 saturated heterocycles. The van der Waals surface area contributed by atoms with Gasteiger partial charge in [-0.1, -0.05) is 29.8 Å². The molecule has 1 amide bonds. The highest BCUT2D eigenvalue weighted by Crippen LogP contribution is 2.93. The Labute approximate surface area is 122 Å². The second-order valence-electron chi connectivity index (χ2n) is 6.95. The maximum atomic E-state index is 12.7. The molecule has 5 aliphatic rings. The molecule has 0 unspecified atom stereocenters. The summed E-state index contributed by atoms with van der Waals surface area (Å²) in [5.41, 5.74) is 1.55. The highest BCUT2D eigenvalue weighted by atomic mass is 79.9. The SMILES string of the molecule is C[C@@]12CC[C@H]3[C@]1(C)C[C@]32C(=O)Nc1ccc(Br)cc1. The summed E-state index contributed by atoms with van der Waals surface area (Å²) in [4.78, 5) is 12.7. The Bertz CT molecular complexity index is 583. The molecule has 0 aliphatic heterocycles. The van der Waals surface area contributed by atoms with Gasteiger partial charge in [0.05, 0.1) is 5.41 Å². The van der Waals surface area contributed by atoms with Gasteiger partial charge >= 0.3 is 0 Å². The summed E-state index contributed by atoms with van der Waals surface area (Å²) in [6.07, 6.45) is 3.55. The molecule has 1 aromatic rings. The van der Waals surface area contributed by atoms with Gasteiger partial charge in [0.15, 0.2) is 0 Å². The van der Waals surface area contributed by atoms with Crippen molar-refractivity contribution in [2.45, 2.75) is 33.1 Å². The number of rotatable bonds is 2. The number of hydrogen-bond donors (Lipinski definition) is 1. The van der Waals surface area contributed by atoms with E-state index < -0.39 is 0 Å². The lowest BCUT2D eigenvalue weighted by atomic mass is 9.21. The third kappa shape index (κ3) is 1.06. The van der Waals surface area contributed by atoms with Gasteiger partial charge in [-0.05, 0) is 60.3 Å². The van der Waals surface area contributed by atoms with Crippen LogP contribution in [0.1, 0.15) is 33.1 Å². The molecule has 5 fully saturated rings. The summed E-state index contributed by atoms with van der Waals surface area (Å²) in [7, 11) is 0. The largest absolute Gasteiger partial charge is 0.326 e. The van der Waals surface area contributed by atoms with E-state index in [9.17, 15) is 4.79 Å². The first kappa shape index (κ1) is 12.0. The normalized spacial score (nSPS) is 45.3. The summed E-state index contributed by atoms with van der Waals surface area (Å²) in [5.74, 6) is 0.879. The van der Waals surface area contributed by atoms with Gasteiger partial charge < -0.3 is 5.32 Å². The minimum atomic E-state index is -0.0607. The molecule has 6 rings (SSSR count). The van der Waals surface area contributed by atoms with Crippen LogP contribution in [-0.4, -0.2) is 5.91 Å². The minimum Gasteiger partial charge on any atom is -0.326 e. The van der Waals surface area contributed by atoms with Gasteiger partial charge in [-0.2, -0.15) is 0 Å². The second kappa shape index (κ2) is 3.25. The van der Waals surface area contributed by atoms with Crippen LogP contribution in [-0.2, 0) is 4.79 Å². The van der Waals surface area contributed by atoms with Crippen molar-refractivity contribution in [1.29, 1.82) is 0 Å². The van der Waals surface area contributed by atoms with Gasteiger partial charge in [-0.15, -0.1) is 0 Å². The molecular weight excluding hydrogens is 302 g/mol. The first-order valence-corrected chi connectivity index (χ1v) is 7.80. The third-order valence-electron chi connectivity index (χ3n) is 6.70. The Kier molecular flexibility index (Phi) is 2.04. The summed E-state index contributed by atoms with van der Waals surface area (Å²) in [6, 6.07) is 7.85. The molecule has 0 heterocycles. The Morgan fingerprint density at radius 1 is 1.32 bits per heavy atom. The summed E-state index contributed by atoms with van der Waals surface area (Å²) in [6.45, 7) is 4.69. The summed E-state index contributed by atoms with van der Waals surface area (Å²) < 4.78 is 1.04. The van der Waals surface area contributed by atoms with E-state index in [4.69, 9.17) is 0 Å². The average molecular weight is 320 g/mol. The number of carbonyl (C=O) groups is 1. The first-order chi connectivity index (χ1) is 8.94. The number of fused-ring (bicyclic) bond motifs is 1. The number of hydrogen-bond acceptors (Lipinski definition) is 1. The predicted octanol–water partition coefficient (Wildman–Crippen LogP) is 4.21. The van der Waals surface area contributed by atoms with E-state index in [1.807, 2.05) is 24.3 Å². The van der Waals surface area contributed by atoms with Crippen molar-refractivity contribution in [3.05, 3.63) is 28.7 Å². The fourth-order valence-electron chi connectivity index (χ4n) is 5.49. The van der Waals surface area contributed by atoms with E-state index in [1.54, 1.807) is 0 Å². The molecule has 1 N–H and O–H groups in total. The van der Waals surface area contributed by atoms with Crippen molar-refractivity contribution in [2.24, 2.45) is 22.2 Å². The quantitative estimate of drug-likeness (QED) is 0.869. The van der Waals surface area contributed by atoms with E-state index in [1.165, 1.54) is 12.8 Å². The summed E-state index contributed by atoms with van der Waals surface area (Å²) in [5, 5.41) is 3.13. The van der Waals surface area contributed by atoms with Crippen molar-refractivity contribution < 1.29 is 4.79 Å². The van der Waals surface area contributed by atoms with Gasteiger partial charge in [0.2, 0.25) is 5.91 Å². The standard InChI is InChI=1S/C16H18BrNO/c1-14-9-16(12(14)7-8-15(14,16)2)13(19)18-11-5-3-10(17)4-6-11/h3-6,12H,7-9H2,1-2H3,(H,18,19)/t12-,14-,15+,16+/m0/s1. The smallest absolute Gasteiger partial charge is 0.231 e. The molecule has 0 aromatic heterocycles. The van der Waals surface area contributed by atoms with Crippen LogP contribution in [0.2, 0.25) is 0 Å². The Hall–Kier alpha value is -0.830. The molecule has 3 heteroatoms. The zero-order valence-corrected chi connectivity index (χ0v) is 12.9. The van der Waals surface area contributed by atoms with E-state index in [0.29, 0.717) is 11.3 Å². The van der Waals surface area contributed by atoms with Gasteiger partial charge in [-0.25, -0.2) is 0 Å².